The van der Waals surface area contributed by atoms with E-state index in [2.05, 4.69) is 0 Å². The second kappa shape index (κ2) is 5.80. The van der Waals surface area contributed by atoms with Gasteiger partial charge in [0.25, 0.3) is 0 Å². The molecule has 1 heterocycles. The molecule has 100 valence electrons. The molecule has 4 atom stereocenters. The highest BCUT2D eigenvalue weighted by Crippen LogP contribution is 2.23. The average molecular weight is 251 g/mol. The summed E-state index contributed by atoms with van der Waals surface area (Å²) in [6.07, 6.45) is -1.83. The number of likely N-dealkylation sites (tertiary alicyclic amines) is 1. The Kier molecular flexibility index (Phi) is 4.35. The predicted octanol–water partition coefficient (Wildman–Crippen LogP) is 0.393. The fourth-order valence-corrected chi connectivity index (χ4v) is 2.48. The molecule has 0 bridgehead atoms. The van der Waals surface area contributed by atoms with Crippen LogP contribution in [0.5, 0.6) is 0 Å². The minimum atomic E-state index is -0.661. The Labute approximate surface area is 107 Å². The molecule has 1 fully saturated rings. The molecule has 0 aliphatic carbocycles. The minimum absolute atomic E-state index is 0.0601. The van der Waals surface area contributed by atoms with Gasteiger partial charge in [0.2, 0.25) is 0 Å². The standard InChI is InChI=1S/C14H21NO3/c1-10(7-15-8-12(16)13(17)9-15)14(18)11-5-3-2-4-6-11/h2-6,10,12-14,16-18H,7-9H2,1H3. The third kappa shape index (κ3) is 3.09. The first-order chi connectivity index (χ1) is 8.58. The van der Waals surface area contributed by atoms with Crippen LogP contribution < -0.4 is 0 Å². The van der Waals surface area contributed by atoms with E-state index in [9.17, 15) is 15.3 Å². The van der Waals surface area contributed by atoms with Gasteiger partial charge in [-0.1, -0.05) is 37.3 Å². The van der Waals surface area contributed by atoms with Crippen molar-refractivity contribution < 1.29 is 15.3 Å². The van der Waals surface area contributed by atoms with Crippen molar-refractivity contribution in [3.05, 3.63) is 35.9 Å². The molecule has 0 amide bonds. The quantitative estimate of drug-likeness (QED) is 0.724. The number of hydrogen-bond acceptors (Lipinski definition) is 4. The molecule has 0 aromatic heterocycles. The lowest BCUT2D eigenvalue weighted by molar-refractivity contribution is 0.0572. The zero-order valence-corrected chi connectivity index (χ0v) is 10.6. The molecule has 3 N–H and O–H groups in total. The molecule has 4 nitrogen and oxygen atoms in total. The van der Waals surface area contributed by atoms with Crippen LogP contribution in [0.15, 0.2) is 30.3 Å². The largest absolute Gasteiger partial charge is 0.389 e. The zero-order chi connectivity index (χ0) is 13.1. The van der Waals surface area contributed by atoms with Gasteiger partial charge in [-0.2, -0.15) is 0 Å². The second-order valence-corrected chi connectivity index (χ2v) is 5.19. The Balaban J connectivity index is 1.90. The van der Waals surface area contributed by atoms with Crippen LogP contribution in [-0.2, 0) is 0 Å². The van der Waals surface area contributed by atoms with Gasteiger partial charge in [0.05, 0.1) is 18.3 Å². The first-order valence-corrected chi connectivity index (χ1v) is 6.39. The number of hydrogen-bond donors (Lipinski definition) is 3. The molecule has 4 heteroatoms. The van der Waals surface area contributed by atoms with E-state index in [0.717, 1.165) is 5.56 Å². The summed E-state index contributed by atoms with van der Waals surface area (Å²) in [4.78, 5) is 1.99. The Hall–Kier alpha value is -0.940. The highest BCUT2D eigenvalue weighted by Gasteiger charge is 2.31. The maximum absolute atomic E-state index is 10.2. The molecule has 0 radical (unpaired) electrons. The van der Waals surface area contributed by atoms with Crippen molar-refractivity contribution in [3.63, 3.8) is 0 Å². The van der Waals surface area contributed by atoms with Gasteiger partial charge in [0.1, 0.15) is 0 Å². The molecule has 0 spiro atoms. The Bertz CT molecular complexity index is 361. The maximum Gasteiger partial charge on any atom is 0.0938 e. The van der Waals surface area contributed by atoms with Crippen molar-refractivity contribution >= 4 is 0 Å². The van der Waals surface area contributed by atoms with E-state index in [4.69, 9.17) is 0 Å². The highest BCUT2D eigenvalue weighted by molar-refractivity contribution is 5.17. The van der Waals surface area contributed by atoms with Gasteiger partial charge in [0.15, 0.2) is 0 Å². The molecule has 1 aromatic carbocycles. The van der Waals surface area contributed by atoms with Crippen LogP contribution in [0.25, 0.3) is 0 Å². The van der Waals surface area contributed by atoms with Crippen LogP contribution in [0.4, 0.5) is 0 Å². The summed E-state index contributed by atoms with van der Waals surface area (Å²) >= 11 is 0. The van der Waals surface area contributed by atoms with E-state index in [0.29, 0.717) is 19.6 Å². The summed E-state index contributed by atoms with van der Waals surface area (Å²) in [5.74, 6) is 0.0601. The number of β-amino-alcohol motifs (C(OH)–C–C–N with tert-alkyl or cyclic N) is 2. The lowest BCUT2D eigenvalue weighted by atomic mass is 9.97. The molecule has 1 saturated heterocycles. The molecule has 2 rings (SSSR count). The van der Waals surface area contributed by atoms with Gasteiger partial charge in [-0.05, 0) is 11.5 Å². The summed E-state index contributed by atoms with van der Waals surface area (Å²) in [6, 6.07) is 9.57. The topological polar surface area (TPSA) is 63.9 Å². The third-order valence-electron chi connectivity index (χ3n) is 3.56. The van der Waals surface area contributed by atoms with E-state index >= 15 is 0 Å². The summed E-state index contributed by atoms with van der Waals surface area (Å²) in [5.41, 5.74) is 0.908. The Morgan fingerprint density at radius 1 is 1.17 bits per heavy atom. The van der Waals surface area contributed by atoms with Gasteiger partial charge in [-0.3, -0.25) is 4.90 Å². The number of benzene rings is 1. The van der Waals surface area contributed by atoms with Crippen molar-refractivity contribution in [1.82, 2.24) is 4.90 Å². The molecule has 4 unspecified atom stereocenters. The van der Waals surface area contributed by atoms with Crippen molar-refractivity contribution in [1.29, 1.82) is 0 Å². The molecule has 1 aromatic rings. The lowest BCUT2D eigenvalue weighted by Gasteiger charge is -2.24. The van der Waals surface area contributed by atoms with Gasteiger partial charge in [0, 0.05) is 19.6 Å². The normalized spacial score (nSPS) is 28.2. The van der Waals surface area contributed by atoms with Crippen LogP contribution >= 0.6 is 0 Å². The lowest BCUT2D eigenvalue weighted by Crippen LogP contribution is -2.30. The number of nitrogens with zero attached hydrogens (tertiary/aromatic N) is 1. The summed E-state index contributed by atoms with van der Waals surface area (Å²) < 4.78 is 0. The zero-order valence-electron chi connectivity index (χ0n) is 10.6. The van der Waals surface area contributed by atoms with Gasteiger partial charge in [-0.25, -0.2) is 0 Å². The van der Waals surface area contributed by atoms with E-state index in [1.165, 1.54) is 0 Å². The van der Waals surface area contributed by atoms with Crippen molar-refractivity contribution in [2.45, 2.75) is 25.2 Å². The smallest absolute Gasteiger partial charge is 0.0938 e. The van der Waals surface area contributed by atoms with Crippen molar-refractivity contribution in [3.8, 4) is 0 Å². The summed E-state index contributed by atoms with van der Waals surface area (Å²) in [7, 11) is 0. The predicted molar refractivity (Wildman–Crippen MR) is 69.0 cm³/mol. The second-order valence-electron chi connectivity index (χ2n) is 5.19. The van der Waals surface area contributed by atoms with Crippen LogP contribution in [0.2, 0.25) is 0 Å². The molecule has 1 aliphatic rings. The first kappa shape index (κ1) is 13.5. The molecule has 18 heavy (non-hydrogen) atoms. The highest BCUT2D eigenvalue weighted by atomic mass is 16.3. The van der Waals surface area contributed by atoms with Crippen LogP contribution in [-0.4, -0.2) is 52.1 Å². The number of aliphatic hydroxyl groups excluding tert-OH is 3. The Morgan fingerprint density at radius 3 is 2.28 bits per heavy atom. The van der Waals surface area contributed by atoms with E-state index in [1.807, 2.05) is 42.2 Å². The first-order valence-electron chi connectivity index (χ1n) is 6.39. The van der Waals surface area contributed by atoms with E-state index < -0.39 is 18.3 Å². The van der Waals surface area contributed by atoms with Crippen LogP contribution in [0, 0.1) is 5.92 Å². The fourth-order valence-electron chi connectivity index (χ4n) is 2.48. The number of aliphatic hydroxyl groups is 3. The van der Waals surface area contributed by atoms with Crippen molar-refractivity contribution in [2.24, 2.45) is 5.92 Å². The SMILES string of the molecule is CC(CN1CC(O)C(O)C1)C(O)c1ccccc1. The molecular formula is C14H21NO3. The van der Waals surface area contributed by atoms with Gasteiger partial charge < -0.3 is 15.3 Å². The molecular weight excluding hydrogens is 230 g/mol. The molecule has 1 aliphatic heterocycles. The maximum atomic E-state index is 10.2. The summed E-state index contributed by atoms with van der Waals surface area (Å²) in [5, 5.41) is 29.2. The van der Waals surface area contributed by atoms with Crippen molar-refractivity contribution in [2.75, 3.05) is 19.6 Å². The van der Waals surface area contributed by atoms with Crippen LogP contribution in [0.3, 0.4) is 0 Å². The Morgan fingerprint density at radius 2 is 1.72 bits per heavy atom. The van der Waals surface area contributed by atoms with Gasteiger partial charge in [-0.15, -0.1) is 0 Å². The monoisotopic (exact) mass is 251 g/mol. The number of rotatable bonds is 4. The average Bonchev–Trinajstić information content (AvgIpc) is 2.68. The van der Waals surface area contributed by atoms with E-state index in [1.54, 1.807) is 0 Å². The summed E-state index contributed by atoms with van der Waals surface area (Å²) in [6.45, 7) is 3.61. The minimum Gasteiger partial charge on any atom is -0.389 e. The fraction of sp³-hybridized carbons (Fsp3) is 0.571. The molecule has 0 saturated carbocycles. The van der Waals surface area contributed by atoms with Crippen LogP contribution in [0.1, 0.15) is 18.6 Å². The third-order valence-corrected chi connectivity index (χ3v) is 3.56. The van der Waals surface area contributed by atoms with Gasteiger partial charge >= 0.3 is 0 Å². The van der Waals surface area contributed by atoms with E-state index in [-0.39, 0.29) is 5.92 Å².